The van der Waals surface area contributed by atoms with E-state index >= 15 is 0 Å². The van der Waals surface area contributed by atoms with Crippen molar-refractivity contribution in [2.75, 3.05) is 6.54 Å². The van der Waals surface area contributed by atoms with E-state index in [1.807, 2.05) is 42.1 Å². The minimum absolute atomic E-state index is 0.00103. The van der Waals surface area contributed by atoms with Crippen molar-refractivity contribution in [3.63, 3.8) is 0 Å². The summed E-state index contributed by atoms with van der Waals surface area (Å²) in [5.41, 5.74) is 8.08. The summed E-state index contributed by atoms with van der Waals surface area (Å²) in [5.74, 6) is 0.101. The summed E-state index contributed by atoms with van der Waals surface area (Å²) in [5, 5.41) is 7.41. The van der Waals surface area contributed by atoms with Crippen LogP contribution < -0.4 is 11.1 Å². The molecular formula is C20H28N4O. The number of hydrogen-bond acceptors (Lipinski definition) is 3. The molecule has 3 rings (SSSR count). The molecule has 0 saturated heterocycles. The first-order chi connectivity index (χ1) is 12.1. The highest BCUT2D eigenvalue weighted by Gasteiger charge is 2.33. The lowest BCUT2D eigenvalue weighted by molar-refractivity contribution is -0.124. The number of nitrogens with zero attached hydrogens (tertiary/aromatic N) is 2. The molecule has 1 aliphatic carbocycles. The Kier molecular flexibility index (Phi) is 5.53. The van der Waals surface area contributed by atoms with Crippen molar-refractivity contribution in [1.82, 2.24) is 15.1 Å². The van der Waals surface area contributed by atoms with Crippen LogP contribution in [0.25, 0.3) is 5.69 Å². The van der Waals surface area contributed by atoms with E-state index in [1.54, 1.807) is 6.20 Å². The van der Waals surface area contributed by atoms with Crippen LogP contribution in [-0.2, 0) is 4.79 Å². The fourth-order valence-corrected chi connectivity index (χ4v) is 3.83. The second-order valence-electron chi connectivity index (χ2n) is 7.28. The van der Waals surface area contributed by atoms with Crippen LogP contribution in [0, 0.1) is 5.41 Å². The maximum Gasteiger partial charge on any atom is 0.221 e. The first-order valence-corrected chi connectivity index (χ1v) is 9.21. The summed E-state index contributed by atoms with van der Waals surface area (Å²) in [4.78, 5) is 12.6. The molecule has 0 spiro atoms. The van der Waals surface area contributed by atoms with Crippen molar-refractivity contribution in [3.05, 3.63) is 48.3 Å². The Morgan fingerprint density at radius 1 is 1.32 bits per heavy atom. The minimum Gasteiger partial charge on any atom is -0.350 e. The molecule has 1 unspecified atom stereocenters. The standard InChI is InChI=1S/C20H28N4O/c1-16(17-7-5-8-18(13-17)24-12-6-11-22-24)23-19(25)14-20(15-21)9-3-2-4-10-20/h5-8,11-13,16H,2-4,9-10,14-15,21H2,1H3,(H,23,25). The van der Waals surface area contributed by atoms with Gasteiger partial charge in [-0.3, -0.25) is 4.79 Å². The van der Waals surface area contributed by atoms with Gasteiger partial charge in [0.25, 0.3) is 0 Å². The molecule has 0 aliphatic heterocycles. The number of rotatable bonds is 6. The molecule has 1 saturated carbocycles. The quantitative estimate of drug-likeness (QED) is 0.847. The summed E-state index contributed by atoms with van der Waals surface area (Å²) < 4.78 is 1.82. The Labute approximate surface area is 149 Å². The van der Waals surface area contributed by atoms with Gasteiger partial charge < -0.3 is 11.1 Å². The normalized spacial score (nSPS) is 17.8. The number of hydrogen-bond donors (Lipinski definition) is 2. The van der Waals surface area contributed by atoms with E-state index < -0.39 is 0 Å². The third kappa shape index (κ3) is 4.28. The van der Waals surface area contributed by atoms with Gasteiger partial charge in [0.2, 0.25) is 5.91 Å². The molecule has 1 aromatic heterocycles. The molecule has 3 N–H and O–H groups in total. The predicted molar refractivity (Wildman–Crippen MR) is 99.3 cm³/mol. The SMILES string of the molecule is CC(NC(=O)CC1(CN)CCCCC1)c1cccc(-n2cccn2)c1. The molecule has 25 heavy (non-hydrogen) atoms. The number of nitrogens with one attached hydrogen (secondary N) is 1. The van der Waals surface area contributed by atoms with Gasteiger partial charge in [0, 0.05) is 18.8 Å². The Morgan fingerprint density at radius 2 is 2.12 bits per heavy atom. The average Bonchev–Trinajstić information content (AvgIpc) is 3.17. The van der Waals surface area contributed by atoms with Crippen LogP contribution in [0.4, 0.5) is 0 Å². The Hall–Kier alpha value is -2.14. The molecule has 2 aromatic rings. The van der Waals surface area contributed by atoms with E-state index in [4.69, 9.17) is 5.73 Å². The van der Waals surface area contributed by atoms with Crippen molar-refractivity contribution in [1.29, 1.82) is 0 Å². The van der Waals surface area contributed by atoms with Crippen LogP contribution in [0.15, 0.2) is 42.7 Å². The van der Waals surface area contributed by atoms with Gasteiger partial charge in [0.15, 0.2) is 0 Å². The van der Waals surface area contributed by atoms with Gasteiger partial charge in [0.05, 0.1) is 11.7 Å². The van der Waals surface area contributed by atoms with Crippen molar-refractivity contribution in [2.24, 2.45) is 11.1 Å². The highest BCUT2D eigenvalue weighted by molar-refractivity contribution is 5.77. The zero-order valence-corrected chi connectivity index (χ0v) is 14.9. The lowest BCUT2D eigenvalue weighted by Crippen LogP contribution is -2.39. The largest absolute Gasteiger partial charge is 0.350 e. The molecule has 1 aromatic carbocycles. The van der Waals surface area contributed by atoms with Crippen LogP contribution in [0.2, 0.25) is 0 Å². The fraction of sp³-hybridized carbons (Fsp3) is 0.500. The van der Waals surface area contributed by atoms with Crippen LogP contribution in [0.5, 0.6) is 0 Å². The fourth-order valence-electron chi connectivity index (χ4n) is 3.83. The number of nitrogens with two attached hydrogens (primary N) is 1. The maximum atomic E-state index is 12.6. The Bertz CT molecular complexity index is 689. The van der Waals surface area contributed by atoms with Crippen LogP contribution in [-0.4, -0.2) is 22.2 Å². The smallest absolute Gasteiger partial charge is 0.221 e. The van der Waals surface area contributed by atoms with E-state index in [9.17, 15) is 4.79 Å². The first kappa shape index (κ1) is 17.7. The topological polar surface area (TPSA) is 72.9 Å². The van der Waals surface area contributed by atoms with Crippen LogP contribution in [0.3, 0.4) is 0 Å². The van der Waals surface area contributed by atoms with Gasteiger partial charge in [-0.05, 0) is 55.5 Å². The number of carbonyl (C=O) groups is 1. The molecule has 1 aliphatic rings. The van der Waals surface area contributed by atoms with E-state index in [-0.39, 0.29) is 17.4 Å². The third-order valence-corrected chi connectivity index (χ3v) is 5.40. The lowest BCUT2D eigenvalue weighted by atomic mass is 9.71. The zero-order valence-electron chi connectivity index (χ0n) is 14.9. The molecule has 1 heterocycles. The molecular weight excluding hydrogens is 312 g/mol. The number of amides is 1. The van der Waals surface area contributed by atoms with Gasteiger partial charge in [0.1, 0.15) is 0 Å². The molecule has 1 fully saturated rings. The van der Waals surface area contributed by atoms with Crippen molar-refractivity contribution >= 4 is 5.91 Å². The monoisotopic (exact) mass is 340 g/mol. The summed E-state index contributed by atoms with van der Waals surface area (Å²) in [6.07, 6.45) is 9.98. The first-order valence-electron chi connectivity index (χ1n) is 9.21. The molecule has 1 atom stereocenters. The zero-order chi connectivity index (χ0) is 17.7. The van der Waals surface area contributed by atoms with E-state index in [1.165, 1.54) is 19.3 Å². The molecule has 5 heteroatoms. The van der Waals surface area contributed by atoms with Gasteiger partial charge in [-0.1, -0.05) is 31.4 Å². The summed E-state index contributed by atoms with van der Waals surface area (Å²) >= 11 is 0. The second kappa shape index (κ2) is 7.83. The van der Waals surface area contributed by atoms with E-state index in [0.29, 0.717) is 13.0 Å². The molecule has 0 bridgehead atoms. The average molecular weight is 340 g/mol. The van der Waals surface area contributed by atoms with Crippen molar-refractivity contribution < 1.29 is 4.79 Å². The van der Waals surface area contributed by atoms with Gasteiger partial charge in [-0.25, -0.2) is 4.68 Å². The molecule has 134 valence electrons. The molecule has 0 radical (unpaired) electrons. The number of benzene rings is 1. The van der Waals surface area contributed by atoms with E-state index in [0.717, 1.165) is 24.1 Å². The highest BCUT2D eigenvalue weighted by atomic mass is 16.1. The molecule has 1 amide bonds. The van der Waals surface area contributed by atoms with Crippen molar-refractivity contribution in [2.45, 2.75) is 51.5 Å². The number of carbonyl (C=O) groups excluding carboxylic acids is 1. The predicted octanol–water partition coefficient (Wildman–Crippen LogP) is 3.35. The Morgan fingerprint density at radius 3 is 2.80 bits per heavy atom. The summed E-state index contributed by atoms with van der Waals surface area (Å²) in [7, 11) is 0. The van der Waals surface area contributed by atoms with Crippen molar-refractivity contribution in [3.8, 4) is 5.69 Å². The van der Waals surface area contributed by atoms with Gasteiger partial charge >= 0.3 is 0 Å². The summed E-state index contributed by atoms with van der Waals surface area (Å²) in [6.45, 7) is 2.62. The second-order valence-corrected chi connectivity index (χ2v) is 7.28. The molecule has 5 nitrogen and oxygen atoms in total. The van der Waals surface area contributed by atoms with E-state index in [2.05, 4.69) is 16.5 Å². The minimum atomic E-state index is -0.0403. The number of aromatic nitrogens is 2. The third-order valence-electron chi connectivity index (χ3n) is 5.40. The highest BCUT2D eigenvalue weighted by Crippen LogP contribution is 2.38. The van der Waals surface area contributed by atoms with Crippen LogP contribution >= 0.6 is 0 Å². The van der Waals surface area contributed by atoms with Crippen LogP contribution in [0.1, 0.15) is 57.1 Å². The van der Waals surface area contributed by atoms with Gasteiger partial charge in [-0.2, -0.15) is 5.10 Å². The van der Waals surface area contributed by atoms with Gasteiger partial charge in [-0.15, -0.1) is 0 Å². The lowest BCUT2D eigenvalue weighted by Gasteiger charge is -2.36. The maximum absolute atomic E-state index is 12.6. The summed E-state index contributed by atoms with van der Waals surface area (Å²) in [6, 6.07) is 9.97. The Balaban J connectivity index is 1.64.